The molecule has 2 rings (SSSR count). The third kappa shape index (κ3) is 4.11. The molecule has 1 heterocycles. The fraction of sp³-hybridized carbons (Fsp3) is 0.375. The number of amidine groups is 1. The molecule has 0 saturated heterocycles. The molecule has 1 aromatic carbocycles. The molecule has 0 aliphatic rings. The van der Waals surface area contributed by atoms with Gasteiger partial charge in [0.1, 0.15) is 5.69 Å². The molecule has 0 radical (unpaired) electrons. The van der Waals surface area contributed by atoms with Crippen LogP contribution < -0.4 is 0 Å². The van der Waals surface area contributed by atoms with Crippen LogP contribution in [-0.4, -0.2) is 35.1 Å². The molecule has 0 atom stereocenters. The number of benzene rings is 1. The fourth-order valence-corrected chi connectivity index (χ4v) is 2.74. The molecule has 0 unspecified atom stereocenters. The smallest absolute Gasteiger partial charge is 0.167 e. The van der Waals surface area contributed by atoms with Crippen molar-refractivity contribution in [3.8, 4) is 11.3 Å². The Labute approximate surface area is 130 Å². The van der Waals surface area contributed by atoms with Crippen LogP contribution in [-0.2, 0) is 6.54 Å². The van der Waals surface area contributed by atoms with E-state index in [0.29, 0.717) is 6.54 Å². The molecule has 0 aliphatic carbocycles. The largest absolute Gasteiger partial charge is 0.356 e. The minimum Gasteiger partial charge on any atom is -0.356 e. The summed E-state index contributed by atoms with van der Waals surface area (Å²) in [6.07, 6.45) is 2.03. The Morgan fingerprint density at radius 2 is 2.19 bits per heavy atom. The average Bonchev–Trinajstić information content (AvgIpc) is 2.93. The Balaban J connectivity index is 2.12. The van der Waals surface area contributed by atoms with Crippen molar-refractivity contribution in [1.82, 2.24) is 10.1 Å². The molecule has 2 aromatic rings. The predicted molar refractivity (Wildman–Crippen MR) is 89.6 cm³/mol. The molecule has 0 aliphatic heterocycles. The van der Waals surface area contributed by atoms with E-state index in [1.165, 1.54) is 5.56 Å². The third-order valence-electron chi connectivity index (χ3n) is 3.06. The van der Waals surface area contributed by atoms with Crippen LogP contribution in [0.15, 0.2) is 39.8 Å². The number of rotatable bonds is 4. The summed E-state index contributed by atoms with van der Waals surface area (Å²) in [7, 11) is 2.02. The molecular formula is C16H21N3OS. The second-order valence-electron chi connectivity index (χ2n) is 4.87. The van der Waals surface area contributed by atoms with Crippen molar-refractivity contribution in [3.05, 3.63) is 41.6 Å². The van der Waals surface area contributed by atoms with Gasteiger partial charge in [-0.3, -0.25) is 4.99 Å². The van der Waals surface area contributed by atoms with Gasteiger partial charge in [0.25, 0.3) is 0 Å². The lowest BCUT2D eigenvalue weighted by molar-refractivity contribution is 0.405. The number of aliphatic imine (C=N–C) groups is 1. The Bertz CT molecular complexity index is 621. The van der Waals surface area contributed by atoms with Gasteiger partial charge >= 0.3 is 0 Å². The van der Waals surface area contributed by atoms with Crippen LogP contribution >= 0.6 is 11.8 Å². The molecule has 1 aromatic heterocycles. The van der Waals surface area contributed by atoms with Gasteiger partial charge < -0.3 is 9.42 Å². The van der Waals surface area contributed by atoms with E-state index in [4.69, 9.17) is 4.52 Å². The van der Waals surface area contributed by atoms with Crippen molar-refractivity contribution in [2.24, 2.45) is 4.99 Å². The number of hydrogen-bond donors (Lipinski definition) is 0. The van der Waals surface area contributed by atoms with Gasteiger partial charge in [0.05, 0.1) is 6.54 Å². The van der Waals surface area contributed by atoms with Crippen LogP contribution in [0.1, 0.15) is 18.2 Å². The number of hydrogen-bond acceptors (Lipinski definition) is 4. The zero-order valence-corrected chi connectivity index (χ0v) is 13.8. The molecule has 112 valence electrons. The van der Waals surface area contributed by atoms with Crippen LogP contribution in [0.3, 0.4) is 0 Å². The van der Waals surface area contributed by atoms with E-state index in [-0.39, 0.29) is 0 Å². The van der Waals surface area contributed by atoms with Crippen molar-refractivity contribution in [1.29, 1.82) is 0 Å². The first-order valence-corrected chi connectivity index (χ1v) is 8.18. The number of thioether (sulfide) groups is 1. The van der Waals surface area contributed by atoms with E-state index in [9.17, 15) is 0 Å². The van der Waals surface area contributed by atoms with E-state index in [1.807, 2.05) is 38.4 Å². The molecule has 0 amide bonds. The first-order valence-electron chi connectivity index (χ1n) is 6.96. The lowest BCUT2D eigenvalue weighted by Gasteiger charge is -2.17. The van der Waals surface area contributed by atoms with E-state index in [2.05, 4.69) is 34.1 Å². The summed E-state index contributed by atoms with van der Waals surface area (Å²) in [5, 5.41) is 5.17. The van der Waals surface area contributed by atoms with Gasteiger partial charge in [-0.05, 0) is 26.2 Å². The van der Waals surface area contributed by atoms with Gasteiger partial charge in [-0.25, -0.2) is 0 Å². The molecule has 5 heteroatoms. The third-order valence-corrected chi connectivity index (χ3v) is 3.87. The molecule has 0 fully saturated rings. The summed E-state index contributed by atoms with van der Waals surface area (Å²) < 4.78 is 5.46. The van der Waals surface area contributed by atoms with Crippen molar-refractivity contribution in [2.45, 2.75) is 20.4 Å². The van der Waals surface area contributed by atoms with Crippen LogP contribution in [0.2, 0.25) is 0 Å². The van der Waals surface area contributed by atoms with Crippen molar-refractivity contribution in [3.63, 3.8) is 0 Å². The highest BCUT2D eigenvalue weighted by molar-refractivity contribution is 8.13. The van der Waals surface area contributed by atoms with E-state index < -0.39 is 0 Å². The Morgan fingerprint density at radius 1 is 1.38 bits per heavy atom. The Morgan fingerprint density at radius 3 is 2.86 bits per heavy atom. The summed E-state index contributed by atoms with van der Waals surface area (Å²) in [5.74, 6) is 0.806. The quantitative estimate of drug-likeness (QED) is 0.636. The first-order chi connectivity index (χ1) is 10.1. The number of aryl methyl sites for hydroxylation is 1. The highest BCUT2D eigenvalue weighted by atomic mass is 32.2. The highest BCUT2D eigenvalue weighted by Crippen LogP contribution is 2.22. The second-order valence-corrected chi connectivity index (χ2v) is 5.64. The lowest BCUT2D eigenvalue weighted by Crippen LogP contribution is -2.23. The van der Waals surface area contributed by atoms with Crippen LogP contribution in [0, 0.1) is 6.92 Å². The zero-order valence-electron chi connectivity index (χ0n) is 13.0. The molecule has 4 nitrogen and oxygen atoms in total. The maximum Gasteiger partial charge on any atom is 0.167 e. The van der Waals surface area contributed by atoms with Crippen LogP contribution in [0.25, 0.3) is 11.3 Å². The molecule has 0 saturated carbocycles. The van der Waals surface area contributed by atoms with E-state index in [1.54, 1.807) is 11.8 Å². The number of aromatic nitrogens is 1. The topological polar surface area (TPSA) is 41.6 Å². The zero-order chi connectivity index (χ0) is 15.2. The van der Waals surface area contributed by atoms with Crippen molar-refractivity contribution in [2.75, 3.05) is 19.8 Å². The van der Waals surface area contributed by atoms with Gasteiger partial charge in [-0.2, -0.15) is 0 Å². The van der Waals surface area contributed by atoms with Gasteiger partial charge in [0.2, 0.25) is 0 Å². The van der Waals surface area contributed by atoms with Crippen LogP contribution in [0.4, 0.5) is 0 Å². The molecular weight excluding hydrogens is 282 g/mol. The molecule has 21 heavy (non-hydrogen) atoms. The van der Waals surface area contributed by atoms with Crippen molar-refractivity contribution < 1.29 is 4.52 Å². The van der Waals surface area contributed by atoms with E-state index in [0.717, 1.165) is 28.7 Å². The maximum atomic E-state index is 5.46. The second kappa shape index (κ2) is 7.31. The summed E-state index contributed by atoms with van der Waals surface area (Å²) in [4.78, 5) is 6.55. The standard InChI is InChI=1S/C16H21N3OS/c1-5-17-16(21-4)19(3)11-14-10-15(20-18-14)13-8-6-7-12(2)9-13/h6-10H,5,11H2,1-4H3/b17-16+. The van der Waals surface area contributed by atoms with E-state index >= 15 is 0 Å². The Hall–Kier alpha value is -1.75. The first kappa shape index (κ1) is 15.6. The van der Waals surface area contributed by atoms with Gasteiger partial charge in [0, 0.05) is 25.2 Å². The summed E-state index contributed by atoms with van der Waals surface area (Å²) in [6.45, 7) is 5.58. The summed E-state index contributed by atoms with van der Waals surface area (Å²) in [5.41, 5.74) is 3.18. The van der Waals surface area contributed by atoms with Gasteiger partial charge in [-0.15, -0.1) is 0 Å². The minimum atomic E-state index is 0.689. The normalized spacial score (nSPS) is 11.7. The minimum absolute atomic E-state index is 0.689. The SMILES string of the molecule is CC/N=C(/SC)N(C)Cc1cc(-c2cccc(C)c2)on1. The fourth-order valence-electron chi connectivity index (χ4n) is 2.11. The van der Waals surface area contributed by atoms with Crippen molar-refractivity contribution >= 4 is 16.9 Å². The van der Waals surface area contributed by atoms with Gasteiger partial charge in [-0.1, -0.05) is 40.7 Å². The van der Waals surface area contributed by atoms with Crippen LogP contribution in [0.5, 0.6) is 0 Å². The van der Waals surface area contributed by atoms with Gasteiger partial charge in [0.15, 0.2) is 10.9 Å². The lowest BCUT2D eigenvalue weighted by atomic mass is 10.1. The monoisotopic (exact) mass is 303 g/mol. The summed E-state index contributed by atoms with van der Waals surface area (Å²) >= 11 is 1.64. The summed E-state index contributed by atoms with van der Waals surface area (Å²) in [6, 6.07) is 10.2. The average molecular weight is 303 g/mol. The molecule has 0 bridgehead atoms. The maximum absolute atomic E-state index is 5.46. The molecule has 0 N–H and O–H groups in total. The molecule has 0 spiro atoms. The highest BCUT2D eigenvalue weighted by Gasteiger charge is 2.11. The Kier molecular flexibility index (Phi) is 5.44. The number of nitrogens with zero attached hydrogens (tertiary/aromatic N) is 3. The predicted octanol–water partition coefficient (Wildman–Crippen LogP) is 3.82.